The zero-order valence-electron chi connectivity index (χ0n) is 6.61. The fourth-order valence-corrected chi connectivity index (χ4v) is 0.650. The number of primary amides is 1. The predicted octanol–water partition coefficient (Wildman–Crippen LogP) is -0.765. The van der Waals surface area contributed by atoms with E-state index in [4.69, 9.17) is 5.73 Å². The van der Waals surface area contributed by atoms with Crippen LogP contribution in [0.3, 0.4) is 0 Å². The lowest BCUT2D eigenvalue weighted by Crippen LogP contribution is -2.19. The highest BCUT2D eigenvalue weighted by Gasteiger charge is 1.95. The van der Waals surface area contributed by atoms with Gasteiger partial charge in [-0.3, -0.25) is 0 Å². The van der Waals surface area contributed by atoms with E-state index in [2.05, 4.69) is 20.0 Å². The molecule has 1 aromatic rings. The summed E-state index contributed by atoms with van der Waals surface area (Å²) in [6.07, 6.45) is 0.527. The Balaban J connectivity index is 2.45. The van der Waals surface area contributed by atoms with E-state index in [0.29, 0.717) is 5.82 Å². The van der Waals surface area contributed by atoms with Crippen LogP contribution in [0.1, 0.15) is 0 Å². The minimum absolute atomic E-state index is 0.119. The summed E-state index contributed by atoms with van der Waals surface area (Å²) in [6.45, 7) is -0.119. The number of rotatable bonds is 3. The van der Waals surface area contributed by atoms with Gasteiger partial charge in [-0.25, -0.2) is 9.59 Å². The highest BCUT2D eigenvalue weighted by atomic mass is 16.6. The summed E-state index contributed by atoms with van der Waals surface area (Å²) in [5, 5.41) is 2.56. The molecule has 1 rings (SSSR count). The number of aromatic amines is 1. The van der Waals surface area contributed by atoms with Crippen LogP contribution in [-0.2, 0) is 4.74 Å². The monoisotopic (exact) mass is 184 g/mol. The van der Waals surface area contributed by atoms with Crippen LogP contribution in [0.25, 0.3) is 0 Å². The van der Waals surface area contributed by atoms with Crippen molar-refractivity contribution >= 4 is 11.9 Å². The number of nitrogens with one attached hydrogen (secondary N) is 2. The Kier molecular flexibility index (Phi) is 2.85. The second kappa shape index (κ2) is 4.10. The van der Waals surface area contributed by atoms with Gasteiger partial charge < -0.3 is 20.8 Å². The van der Waals surface area contributed by atoms with Crippen molar-refractivity contribution in [2.45, 2.75) is 0 Å². The summed E-state index contributed by atoms with van der Waals surface area (Å²) >= 11 is 0. The number of nitrogens with zero attached hydrogens (tertiary/aromatic N) is 1. The van der Waals surface area contributed by atoms with Gasteiger partial charge in [-0.05, 0) is 6.07 Å². The first-order valence-corrected chi connectivity index (χ1v) is 3.40. The molecule has 4 N–H and O–H groups in total. The first kappa shape index (κ1) is 9.04. The summed E-state index contributed by atoms with van der Waals surface area (Å²) in [4.78, 5) is 26.6. The molecule has 0 saturated heterocycles. The number of aromatic nitrogens is 2. The lowest BCUT2D eigenvalue weighted by Gasteiger charge is -2.03. The molecule has 0 aromatic carbocycles. The average molecular weight is 184 g/mol. The van der Waals surface area contributed by atoms with Gasteiger partial charge in [-0.1, -0.05) is 0 Å². The van der Waals surface area contributed by atoms with Crippen LogP contribution in [0.2, 0.25) is 0 Å². The van der Waals surface area contributed by atoms with Crippen LogP contribution in [0.5, 0.6) is 0 Å². The Bertz CT molecular complexity index is 348. The highest BCUT2D eigenvalue weighted by Crippen LogP contribution is 1.94. The third kappa shape index (κ3) is 3.23. The van der Waals surface area contributed by atoms with Crippen LogP contribution in [0, 0.1) is 0 Å². The fourth-order valence-electron chi connectivity index (χ4n) is 0.650. The smallest absolute Gasteiger partial charge is 0.406 e. The van der Waals surface area contributed by atoms with Crippen molar-refractivity contribution in [3.8, 4) is 0 Å². The summed E-state index contributed by atoms with van der Waals surface area (Å²) in [5.41, 5.74) is 4.21. The first-order valence-electron chi connectivity index (χ1n) is 3.40. The number of H-pyrrole nitrogens is 1. The quantitative estimate of drug-likeness (QED) is 0.534. The second-order valence-electron chi connectivity index (χ2n) is 2.06. The average Bonchev–Trinajstić information content (AvgIpc) is 2.03. The largest absolute Gasteiger partial charge is 0.428 e. The van der Waals surface area contributed by atoms with Gasteiger partial charge in [-0.15, -0.1) is 0 Å². The third-order valence-electron chi connectivity index (χ3n) is 1.14. The molecular weight excluding hydrogens is 176 g/mol. The maximum absolute atomic E-state index is 10.6. The number of hydrogen-bond donors (Lipinski definition) is 3. The molecule has 0 fully saturated rings. The van der Waals surface area contributed by atoms with Crippen LogP contribution < -0.4 is 16.7 Å². The second-order valence-corrected chi connectivity index (χ2v) is 2.06. The summed E-state index contributed by atoms with van der Waals surface area (Å²) < 4.78 is 4.36. The van der Waals surface area contributed by atoms with Crippen molar-refractivity contribution in [3.05, 3.63) is 22.7 Å². The normalized spacial score (nSPS) is 9.23. The number of carbonyl (C=O) groups excluding carboxylic acids is 1. The lowest BCUT2D eigenvalue weighted by molar-refractivity contribution is 0.165. The van der Waals surface area contributed by atoms with Gasteiger partial charge in [0.1, 0.15) is 5.82 Å². The van der Waals surface area contributed by atoms with Crippen molar-refractivity contribution in [1.82, 2.24) is 9.97 Å². The molecule has 7 nitrogen and oxygen atoms in total. The maximum atomic E-state index is 10.6. The topological polar surface area (TPSA) is 110 Å². The molecule has 0 saturated carbocycles. The van der Waals surface area contributed by atoms with Crippen molar-refractivity contribution < 1.29 is 9.53 Å². The lowest BCUT2D eigenvalue weighted by atomic mass is 10.6. The van der Waals surface area contributed by atoms with E-state index in [0.717, 1.165) is 0 Å². The number of anilines is 1. The highest BCUT2D eigenvalue weighted by molar-refractivity contribution is 5.64. The van der Waals surface area contributed by atoms with Gasteiger partial charge in [0.15, 0.2) is 6.73 Å². The van der Waals surface area contributed by atoms with E-state index < -0.39 is 11.8 Å². The van der Waals surface area contributed by atoms with Crippen molar-refractivity contribution in [1.29, 1.82) is 0 Å². The Labute approximate surface area is 72.9 Å². The molecule has 0 atom stereocenters. The van der Waals surface area contributed by atoms with Crippen LogP contribution in [0.15, 0.2) is 17.1 Å². The molecule has 1 aromatic heterocycles. The van der Waals surface area contributed by atoms with E-state index >= 15 is 0 Å². The zero-order chi connectivity index (χ0) is 9.68. The van der Waals surface area contributed by atoms with Gasteiger partial charge in [-0.2, -0.15) is 4.98 Å². The summed E-state index contributed by atoms with van der Waals surface area (Å²) in [7, 11) is 0. The Morgan fingerprint density at radius 1 is 1.77 bits per heavy atom. The minimum atomic E-state index is -0.891. The molecule has 0 bridgehead atoms. The molecule has 0 aliphatic heterocycles. The van der Waals surface area contributed by atoms with Gasteiger partial charge >= 0.3 is 11.8 Å². The van der Waals surface area contributed by atoms with E-state index in [1.807, 2.05) is 0 Å². The summed E-state index contributed by atoms with van der Waals surface area (Å²) in [6, 6.07) is 1.52. The van der Waals surface area contributed by atoms with Crippen LogP contribution in [0.4, 0.5) is 10.6 Å². The SMILES string of the molecule is NC(=O)OCNc1cc[nH]c(=O)n1. The molecule has 13 heavy (non-hydrogen) atoms. The standard InChI is InChI=1S/C6H8N4O3/c7-5(11)13-3-9-4-1-2-8-6(12)10-4/h1-2H,3H2,(H2,7,11)(H2,8,9,10,12). The van der Waals surface area contributed by atoms with Crippen molar-refractivity contribution in [2.24, 2.45) is 5.73 Å². The molecule has 0 aliphatic rings. The van der Waals surface area contributed by atoms with E-state index in [-0.39, 0.29) is 6.73 Å². The van der Waals surface area contributed by atoms with Crippen molar-refractivity contribution in [3.63, 3.8) is 0 Å². The summed E-state index contributed by atoms with van der Waals surface area (Å²) in [5.74, 6) is 0.310. The van der Waals surface area contributed by atoms with Gasteiger partial charge in [0.25, 0.3) is 0 Å². The minimum Gasteiger partial charge on any atom is -0.428 e. The van der Waals surface area contributed by atoms with E-state index in [1.54, 1.807) is 0 Å². The van der Waals surface area contributed by atoms with Crippen molar-refractivity contribution in [2.75, 3.05) is 12.0 Å². The number of hydrogen-bond acceptors (Lipinski definition) is 5. The van der Waals surface area contributed by atoms with Crippen LogP contribution in [-0.4, -0.2) is 22.8 Å². The Hall–Kier alpha value is -2.05. The molecule has 0 aliphatic carbocycles. The predicted molar refractivity (Wildman–Crippen MR) is 44.0 cm³/mol. The molecule has 70 valence electrons. The van der Waals surface area contributed by atoms with Crippen LogP contribution >= 0.6 is 0 Å². The number of ether oxygens (including phenoxy) is 1. The molecule has 0 unspecified atom stereocenters. The number of amides is 1. The molecule has 1 heterocycles. The van der Waals surface area contributed by atoms with E-state index in [1.165, 1.54) is 12.3 Å². The fraction of sp³-hybridized carbons (Fsp3) is 0.167. The maximum Gasteiger partial charge on any atom is 0.406 e. The Morgan fingerprint density at radius 3 is 3.15 bits per heavy atom. The third-order valence-corrected chi connectivity index (χ3v) is 1.14. The van der Waals surface area contributed by atoms with Gasteiger partial charge in [0.2, 0.25) is 0 Å². The molecule has 7 heteroatoms. The molecule has 0 radical (unpaired) electrons. The number of carbonyl (C=O) groups is 1. The molecular formula is C6H8N4O3. The first-order chi connectivity index (χ1) is 6.18. The van der Waals surface area contributed by atoms with Gasteiger partial charge in [0, 0.05) is 6.20 Å². The van der Waals surface area contributed by atoms with E-state index in [9.17, 15) is 9.59 Å². The zero-order valence-corrected chi connectivity index (χ0v) is 6.61. The van der Waals surface area contributed by atoms with Gasteiger partial charge in [0.05, 0.1) is 0 Å². The molecule has 0 spiro atoms. The Morgan fingerprint density at radius 2 is 2.54 bits per heavy atom. The molecule has 1 amide bonds. The number of nitrogens with two attached hydrogens (primary N) is 1.